The van der Waals surface area contributed by atoms with Gasteiger partial charge in [-0.1, -0.05) is 101 Å². The van der Waals surface area contributed by atoms with Crippen molar-refractivity contribution in [3.05, 3.63) is 129 Å². The normalized spacial score (nSPS) is 11.3. The van der Waals surface area contributed by atoms with Crippen LogP contribution in [-0.2, 0) is 19.9 Å². The maximum atomic E-state index is 12.7. The molecule has 0 atom stereocenters. The van der Waals surface area contributed by atoms with E-state index in [1.54, 1.807) is 12.3 Å². The SMILES string of the molecule is CCOC(=O)C(=NOCCN=[N+]=[N-])c1csc(NC(c2ccccc2)(c2ccccc2)c2ccccc2)n1. The van der Waals surface area contributed by atoms with E-state index in [1.165, 1.54) is 11.3 Å². The van der Waals surface area contributed by atoms with Gasteiger partial charge >= 0.3 is 5.97 Å². The first kappa shape index (κ1) is 26.4. The summed E-state index contributed by atoms with van der Waals surface area (Å²) in [6, 6.07) is 30.4. The summed E-state index contributed by atoms with van der Waals surface area (Å²) in [6.07, 6.45) is 0. The van der Waals surface area contributed by atoms with E-state index in [0.29, 0.717) is 10.8 Å². The number of nitrogens with zero attached hydrogens (tertiary/aromatic N) is 5. The predicted molar refractivity (Wildman–Crippen MR) is 148 cm³/mol. The average Bonchev–Trinajstić information content (AvgIpc) is 3.43. The van der Waals surface area contributed by atoms with Crippen LogP contribution < -0.4 is 5.32 Å². The van der Waals surface area contributed by atoms with E-state index >= 15 is 0 Å². The zero-order valence-electron chi connectivity index (χ0n) is 20.7. The second kappa shape index (κ2) is 13.0. The number of azide groups is 1. The molecule has 4 aromatic rings. The lowest BCUT2D eigenvalue weighted by Gasteiger charge is -2.36. The van der Waals surface area contributed by atoms with E-state index in [1.807, 2.05) is 54.6 Å². The van der Waals surface area contributed by atoms with E-state index in [9.17, 15) is 4.79 Å². The van der Waals surface area contributed by atoms with Crippen molar-refractivity contribution < 1.29 is 14.4 Å². The van der Waals surface area contributed by atoms with Gasteiger partial charge < -0.3 is 14.9 Å². The van der Waals surface area contributed by atoms with Crippen molar-refractivity contribution >= 4 is 28.1 Å². The maximum absolute atomic E-state index is 12.7. The van der Waals surface area contributed by atoms with Crippen LogP contribution in [0.2, 0.25) is 0 Å². The van der Waals surface area contributed by atoms with Crippen LogP contribution >= 0.6 is 11.3 Å². The van der Waals surface area contributed by atoms with Crippen LogP contribution in [0.1, 0.15) is 29.3 Å². The summed E-state index contributed by atoms with van der Waals surface area (Å²) in [7, 11) is 0. The van der Waals surface area contributed by atoms with Gasteiger partial charge in [0.25, 0.3) is 0 Å². The molecule has 4 rings (SSSR count). The van der Waals surface area contributed by atoms with Crippen molar-refractivity contribution in [2.45, 2.75) is 12.5 Å². The number of benzene rings is 3. The largest absolute Gasteiger partial charge is 0.461 e. The quantitative estimate of drug-likeness (QED) is 0.0347. The van der Waals surface area contributed by atoms with Crippen LogP contribution in [0.25, 0.3) is 10.4 Å². The minimum atomic E-state index is -0.772. The molecule has 0 aliphatic heterocycles. The van der Waals surface area contributed by atoms with Gasteiger partial charge in [0.15, 0.2) is 5.13 Å². The Morgan fingerprint density at radius 2 is 1.53 bits per heavy atom. The van der Waals surface area contributed by atoms with Crippen molar-refractivity contribution in [2.24, 2.45) is 10.3 Å². The molecule has 0 saturated heterocycles. The van der Waals surface area contributed by atoms with Crippen LogP contribution in [-0.4, -0.2) is 36.4 Å². The summed E-state index contributed by atoms with van der Waals surface area (Å²) >= 11 is 1.34. The monoisotopic (exact) mass is 526 g/mol. The highest BCUT2D eigenvalue weighted by Crippen LogP contribution is 2.40. The van der Waals surface area contributed by atoms with Gasteiger partial charge in [0, 0.05) is 10.3 Å². The third-order valence-electron chi connectivity index (χ3n) is 5.63. The van der Waals surface area contributed by atoms with Gasteiger partial charge in [0.05, 0.1) is 13.2 Å². The van der Waals surface area contributed by atoms with Gasteiger partial charge in [0.2, 0.25) is 5.71 Å². The van der Waals surface area contributed by atoms with Gasteiger partial charge in [0.1, 0.15) is 17.8 Å². The number of aromatic nitrogens is 1. The molecular weight excluding hydrogens is 500 g/mol. The highest BCUT2D eigenvalue weighted by Gasteiger charge is 2.37. The van der Waals surface area contributed by atoms with Crippen LogP contribution in [0, 0.1) is 0 Å². The van der Waals surface area contributed by atoms with Crippen molar-refractivity contribution in [3.63, 3.8) is 0 Å². The Hall–Kier alpha value is -4.66. The summed E-state index contributed by atoms with van der Waals surface area (Å²) in [5.41, 5.74) is 11.0. The minimum Gasteiger partial charge on any atom is -0.461 e. The molecule has 0 fully saturated rings. The Bertz CT molecular complexity index is 1310. The molecule has 0 spiro atoms. The molecule has 1 heterocycles. The molecule has 1 N–H and O–H groups in total. The number of nitrogens with one attached hydrogen (secondary N) is 1. The van der Waals surface area contributed by atoms with Crippen molar-refractivity contribution in [3.8, 4) is 0 Å². The molecule has 38 heavy (non-hydrogen) atoms. The number of carbonyl (C=O) groups excluding carboxylic acids is 1. The molecule has 0 bridgehead atoms. The topological polar surface area (TPSA) is 122 Å². The summed E-state index contributed by atoms with van der Waals surface area (Å²) in [4.78, 5) is 25.2. The molecule has 3 aromatic carbocycles. The molecule has 192 valence electrons. The number of anilines is 1. The lowest BCUT2D eigenvalue weighted by Crippen LogP contribution is -2.38. The van der Waals surface area contributed by atoms with Crippen molar-refractivity contribution in [2.75, 3.05) is 25.1 Å². The maximum Gasteiger partial charge on any atom is 0.362 e. The molecule has 0 aliphatic carbocycles. The molecule has 0 saturated carbocycles. The van der Waals surface area contributed by atoms with Crippen LogP contribution in [0.15, 0.2) is 107 Å². The van der Waals surface area contributed by atoms with Crippen LogP contribution in [0.4, 0.5) is 5.13 Å². The molecular formula is C28H26N6O3S. The number of thiazole rings is 1. The first-order valence-corrected chi connectivity index (χ1v) is 12.9. The first-order chi connectivity index (χ1) is 18.7. The smallest absolute Gasteiger partial charge is 0.362 e. The minimum absolute atomic E-state index is 0.0152. The fourth-order valence-electron chi connectivity index (χ4n) is 4.01. The van der Waals surface area contributed by atoms with E-state index in [4.69, 9.17) is 20.1 Å². The fraction of sp³-hybridized carbons (Fsp3) is 0.179. The summed E-state index contributed by atoms with van der Waals surface area (Å²) in [5.74, 6) is -0.659. The van der Waals surface area contributed by atoms with Crippen molar-refractivity contribution in [1.29, 1.82) is 0 Å². The number of rotatable bonds is 12. The second-order valence-corrected chi connectivity index (χ2v) is 8.82. The number of carbonyl (C=O) groups is 1. The number of ether oxygens (including phenoxy) is 1. The lowest BCUT2D eigenvalue weighted by molar-refractivity contribution is -0.135. The molecule has 9 nitrogen and oxygen atoms in total. The summed E-state index contributed by atoms with van der Waals surface area (Å²) in [6.45, 7) is 1.97. The highest BCUT2D eigenvalue weighted by molar-refractivity contribution is 7.14. The number of hydrogen-bond acceptors (Lipinski definition) is 8. The summed E-state index contributed by atoms with van der Waals surface area (Å²) < 4.78 is 5.17. The first-order valence-electron chi connectivity index (χ1n) is 12.0. The Morgan fingerprint density at radius 1 is 0.974 bits per heavy atom. The third-order valence-corrected chi connectivity index (χ3v) is 6.39. The number of oxime groups is 1. The molecule has 1 aromatic heterocycles. The van der Waals surface area contributed by atoms with Gasteiger partial charge in [-0.2, -0.15) is 0 Å². The Labute approximate surface area is 224 Å². The molecule has 0 unspecified atom stereocenters. The zero-order chi connectivity index (χ0) is 26.6. The summed E-state index contributed by atoms with van der Waals surface area (Å²) in [5, 5.41) is 13.3. The Kier molecular flexibility index (Phi) is 9.07. The predicted octanol–water partition coefficient (Wildman–Crippen LogP) is 6.14. The Balaban J connectivity index is 1.77. The third kappa shape index (κ3) is 6.00. The van der Waals surface area contributed by atoms with Gasteiger partial charge in [-0.15, -0.1) is 11.3 Å². The van der Waals surface area contributed by atoms with Crippen LogP contribution in [0.5, 0.6) is 0 Å². The van der Waals surface area contributed by atoms with E-state index in [2.05, 4.69) is 56.9 Å². The molecule has 10 heteroatoms. The van der Waals surface area contributed by atoms with E-state index in [-0.39, 0.29) is 25.5 Å². The average molecular weight is 527 g/mol. The second-order valence-electron chi connectivity index (χ2n) is 7.96. The number of hydrogen-bond donors (Lipinski definition) is 1. The highest BCUT2D eigenvalue weighted by atomic mass is 32.1. The van der Waals surface area contributed by atoms with E-state index in [0.717, 1.165) is 16.7 Å². The molecule has 0 amide bonds. The molecule has 0 radical (unpaired) electrons. The standard InChI is InChI=1S/C28H26N6O3S/c1-2-36-26(35)25(33-37-19-18-30-34-29)24-20-38-27(31-24)32-28(21-12-6-3-7-13-21,22-14-8-4-9-15-22)23-16-10-5-11-17-23/h3-17,20H,2,18-19H2,1H3,(H,31,32). The van der Waals surface area contributed by atoms with Crippen LogP contribution in [0.3, 0.4) is 0 Å². The number of esters is 1. The fourth-order valence-corrected chi connectivity index (χ4v) is 4.76. The lowest BCUT2D eigenvalue weighted by atomic mass is 9.77. The molecule has 0 aliphatic rings. The van der Waals surface area contributed by atoms with Gasteiger partial charge in [-0.25, -0.2) is 9.78 Å². The van der Waals surface area contributed by atoms with E-state index < -0.39 is 11.5 Å². The van der Waals surface area contributed by atoms with Gasteiger partial charge in [-0.05, 0) is 29.1 Å². The zero-order valence-corrected chi connectivity index (χ0v) is 21.5. The Morgan fingerprint density at radius 3 is 2.03 bits per heavy atom. The van der Waals surface area contributed by atoms with Crippen molar-refractivity contribution in [1.82, 2.24) is 4.98 Å². The van der Waals surface area contributed by atoms with Gasteiger partial charge in [-0.3, -0.25) is 0 Å².